The molecule has 5 nitrogen and oxygen atoms in total. The van der Waals surface area contributed by atoms with E-state index in [1.165, 1.54) is 0 Å². The van der Waals surface area contributed by atoms with Crippen molar-refractivity contribution in [1.82, 2.24) is 0 Å². The molecule has 1 N–H and O–H groups in total. The van der Waals surface area contributed by atoms with Crippen LogP contribution in [0.3, 0.4) is 0 Å². The van der Waals surface area contributed by atoms with E-state index in [0.29, 0.717) is 33.7 Å². The largest absolute Gasteiger partial charge is 0.493 e. The number of methoxy groups -OCH3 is 2. The number of benzene rings is 2. The number of rotatable bonds is 3. The van der Waals surface area contributed by atoms with Crippen LogP contribution in [0.5, 0.6) is 11.5 Å². The molecule has 0 spiro atoms. The van der Waals surface area contributed by atoms with Crippen LogP contribution in [0.1, 0.15) is 38.3 Å². The van der Waals surface area contributed by atoms with Crippen LogP contribution in [-0.2, 0) is 4.79 Å². The van der Waals surface area contributed by atoms with Gasteiger partial charge in [0.05, 0.1) is 37.6 Å². The summed E-state index contributed by atoms with van der Waals surface area (Å²) in [6.45, 7) is 4.20. The van der Waals surface area contributed by atoms with Crippen LogP contribution in [0.15, 0.2) is 35.3 Å². The van der Waals surface area contributed by atoms with Gasteiger partial charge in [0.25, 0.3) is 0 Å². The first-order chi connectivity index (χ1) is 14.2. The third-order valence-corrected chi connectivity index (χ3v) is 6.29. The highest BCUT2D eigenvalue weighted by atomic mass is 35.5. The maximum Gasteiger partial charge on any atom is 0.163 e. The number of carbonyl (C=O) groups is 1. The molecule has 1 saturated carbocycles. The van der Waals surface area contributed by atoms with E-state index < -0.39 is 5.92 Å². The fraction of sp³-hybridized carbons (Fsp3) is 0.391. The highest BCUT2D eigenvalue weighted by molar-refractivity contribution is 6.35. The van der Waals surface area contributed by atoms with Crippen LogP contribution in [0, 0.1) is 11.3 Å². The van der Waals surface area contributed by atoms with E-state index in [1.54, 1.807) is 26.4 Å². The van der Waals surface area contributed by atoms with E-state index in [4.69, 9.17) is 37.7 Å². The van der Waals surface area contributed by atoms with Crippen molar-refractivity contribution in [3.8, 4) is 11.5 Å². The number of halogens is 2. The third-order valence-electron chi connectivity index (χ3n) is 5.73. The minimum atomic E-state index is -0.416. The average molecular weight is 447 g/mol. The second-order valence-corrected chi connectivity index (χ2v) is 9.42. The zero-order valence-electron chi connectivity index (χ0n) is 17.4. The molecule has 0 radical (unpaired) electrons. The highest BCUT2D eigenvalue weighted by Crippen LogP contribution is 2.48. The van der Waals surface area contributed by atoms with Crippen molar-refractivity contribution < 1.29 is 14.3 Å². The van der Waals surface area contributed by atoms with Gasteiger partial charge in [-0.1, -0.05) is 43.1 Å². The minimum absolute atomic E-state index is 0.151. The Hall–Kier alpha value is -2.24. The molecule has 0 aromatic heterocycles. The molecule has 2 aromatic carbocycles. The zero-order valence-corrected chi connectivity index (χ0v) is 18.9. The summed E-state index contributed by atoms with van der Waals surface area (Å²) in [7, 11) is 3.18. The van der Waals surface area contributed by atoms with Gasteiger partial charge in [-0.3, -0.25) is 9.79 Å². The number of ether oxygens (including phenoxy) is 2. The first-order valence-corrected chi connectivity index (χ1v) is 10.6. The number of nitrogens with zero attached hydrogens (tertiary/aromatic N) is 1. The van der Waals surface area contributed by atoms with Crippen molar-refractivity contribution >= 4 is 46.1 Å². The first kappa shape index (κ1) is 21.0. The summed E-state index contributed by atoms with van der Waals surface area (Å²) in [5, 5.41) is 4.59. The third kappa shape index (κ3) is 3.77. The van der Waals surface area contributed by atoms with E-state index in [9.17, 15) is 4.79 Å². The van der Waals surface area contributed by atoms with E-state index >= 15 is 0 Å². The highest BCUT2D eigenvalue weighted by Gasteiger charge is 2.44. The number of hydrogen-bond donors (Lipinski definition) is 1. The molecule has 0 saturated heterocycles. The molecule has 30 heavy (non-hydrogen) atoms. The van der Waals surface area contributed by atoms with Gasteiger partial charge in [-0.25, -0.2) is 0 Å². The van der Waals surface area contributed by atoms with Crippen molar-refractivity contribution in [2.45, 2.75) is 32.7 Å². The number of Topliss-reactive ketones (excluding diaryl/α,β-unsaturated/α-hetero) is 1. The smallest absolute Gasteiger partial charge is 0.163 e. The second kappa shape index (κ2) is 7.78. The molecule has 2 unspecified atom stereocenters. The summed E-state index contributed by atoms with van der Waals surface area (Å²) < 4.78 is 10.9. The van der Waals surface area contributed by atoms with Crippen molar-refractivity contribution in [2.75, 3.05) is 19.5 Å². The van der Waals surface area contributed by atoms with Gasteiger partial charge in [0, 0.05) is 34.3 Å². The molecule has 2 aliphatic rings. The Balaban J connectivity index is 1.92. The van der Waals surface area contributed by atoms with Gasteiger partial charge in [0.1, 0.15) is 5.78 Å². The molecule has 158 valence electrons. The van der Waals surface area contributed by atoms with Crippen molar-refractivity contribution in [3.63, 3.8) is 0 Å². The minimum Gasteiger partial charge on any atom is -0.493 e. The van der Waals surface area contributed by atoms with Gasteiger partial charge in [-0.2, -0.15) is 0 Å². The number of aliphatic imine (C=N–C) groups is 1. The second-order valence-electron chi connectivity index (χ2n) is 8.58. The standard InChI is InChI=1S/C23H24Cl2N2O3/c1-23(2)10-17-21(18(28)11-23)22(13-6-5-12(24)7-14(13)25)27-16-9-20(30-4)19(29-3)8-15(16)26-17/h5-9,21-22,27H,10-11H2,1-4H3. The van der Waals surface area contributed by atoms with Crippen molar-refractivity contribution in [2.24, 2.45) is 16.3 Å². The lowest BCUT2D eigenvalue weighted by Gasteiger charge is -2.37. The van der Waals surface area contributed by atoms with Crippen molar-refractivity contribution in [1.29, 1.82) is 0 Å². The number of nitrogens with one attached hydrogen (secondary N) is 1. The predicted octanol–water partition coefficient (Wildman–Crippen LogP) is 6.26. The summed E-state index contributed by atoms with van der Waals surface area (Å²) in [5.74, 6) is 0.908. The van der Waals surface area contributed by atoms with Gasteiger partial charge >= 0.3 is 0 Å². The summed E-state index contributed by atoms with van der Waals surface area (Å²) in [5.41, 5.74) is 2.99. The van der Waals surface area contributed by atoms with Gasteiger partial charge in [0.15, 0.2) is 11.5 Å². The Kier molecular flexibility index (Phi) is 5.45. The van der Waals surface area contributed by atoms with Crippen LogP contribution in [0.4, 0.5) is 11.4 Å². The van der Waals surface area contributed by atoms with E-state index in [-0.39, 0.29) is 17.2 Å². The van der Waals surface area contributed by atoms with Gasteiger partial charge < -0.3 is 14.8 Å². The normalized spacial score (nSPS) is 22.2. The molecular formula is C23H24Cl2N2O3. The Morgan fingerprint density at radius 1 is 1.07 bits per heavy atom. The monoisotopic (exact) mass is 446 g/mol. The summed E-state index contributed by atoms with van der Waals surface area (Å²) in [4.78, 5) is 18.3. The molecular weight excluding hydrogens is 423 g/mol. The van der Waals surface area contributed by atoms with Gasteiger partial charge in [-0.05, 0) is 29.5 Å². The topological polar surface area (TPSA) is 59.9 Å². The fourth-order valence-corrected chi connectivity index (χ4v) is 4.94. The Morgan fingerprint density at radius 2 is 1.77 bits per heavy atom. The molecule has 4 rings (SSSR count). The van der Waals surface area contributed by atoms with E-state index in [0.717, 1.165) is 23.4 Å². The molecule has 2 atom stereocenters. The maximum absolute atomic E-state index is 13.3. The van der Waals surface area contributed by atoms with Crippen LogP contribution < -0.4 is 14.8 Å². The van der Waals surface area contributed by atoms with Gasteiger partial charge in [-0.15, -0.1) is 0 Å². The molecule has 2 aromatic rings. The van der Waals surface area contributed by atoms with Crippen molar-refractivity contribution in [3.05, 3.63) is 45.9 Å². The summed E-state index contributed by atoms with van der Waals surface area (Å²) in [6, 6.07) is 8.69. The summed E-state index contributed by atoms with van der Waals surface area (Å²) in [6.07, 6.45) is 1.21. The van der Waals surface area contributed by atoms with Crippen LogP contribution >= 0.6 is 23.2 Å². The lowest BCUT2D eigenvalue weighted by Crippen LogP contribution is -2.42. The Bertz CT molecular complexity index is 1050. The molecule has 1 aliphatic heterocycles. The van der Waals surface area contributed by atoms with Crippen LogP contribution in [0.25, 0.3) is 0 Å². The SMILES string of the molecule is COc1cc2c(cc1OC)NC(c1ccc(Cl)cc1Cl)C1C(=O)CC(C)(C)CC1=N2. The fourth-order valence-electron chi connectivity index (χ4n) is 4.41. The lowest BCUT2D eigenvalue weighted by molar-refractivity contribution is -0.124. The Labute approximate surface area is 186 Å². The first-order valence-electron chi connectivity index (χ1n) is 9.80. The summed E-state index contributed by atoms with van der Waals surface area (Å²) >= 11 is 12.7. The molecule has 1 heterocycles. The van der Waals surface area contributed by atoms with E-state index in [1.807, 2.05) is 18.2 Å². The molecule has 7 heteroatoms. The average Bonchev–Trinajstić information content (AvgIpc) is 2.81. The number of anilines is 1. The molecule has 1 fully saturated rings. The molecule has 0 amide bonds. The predicted molar refractivity (Wildman–Crippen MR) is 121 cm³/mol. The lowest BCUT2D eigenvalue weighted by atomic mass is 9.68. The van der Waals surface area contributed by atoms with Crippen LogP contribution in [0.2, 0.25) is 10.0 Å². The number of carbonyl (C=O) groups excluding carboxylic acids is 1. The zero-order chi connectivity index (χ0) is 21.6. The van der Waals surface area contributed by atoms with Crippen LogP contribution in [-0.4, -0.2) is 25.7 Å². The number of fused-ring (bicyclic) bond motifs is 2. The Morgan fingerprint density at radius 3 is 2.43 bits per heavy atom. The number of ketones is 1. The quantitative estimate of drug-likeness (QED) is 0.604. The molecule has 1 aliphatic carbocycles. The van der Waals surface area contributed by atoms with Gasteiger partial charge in [0.2, 0.25) is 0 Å². The number of hydrogen-bond acceptors (Lipinski definition) is 5. The van der Waals surface area contributed by atoms with E-state index in [2.05, 4.69) is 19.2 Å². The molecule has 0 bridgehead atoms. The maximum atomic E-state index is 13.3.